The summed E-state index contributed by atoms with van der Waals surface area (Å²) in [5.41, 5.74) is 6.09. The fourth-order valence-corrected chi connectivity index (χ4v) is 4.08. The lowest BCUT2D eigenvalue weighted by atomic mass is 9.85. The van der Waals surface area contributed by atoms with Gasteiger partial charge in [-0.25, -0.2) is 0 Å². The Balaban J connectivity index is 1.48. The predicted octanol–water partition coefficient (Wildman–Crippen LogP) is 1.28. The number of hydrogen-bond acceptors (Lipinski definition) is 3. The summed E-state index contributed by atoms with van der Waals surface area (Å²) in [5.74, 6) is 0.881. The Labute approximate surface area is 105 Å². The normalized spacial score (nSPS) is 40.4. The molecule has 1 aliphatic carbocycles. The highest BCUT2D eigenvalue weighted by molar-refractivity contribution is 4.88. The van der Waals surface area contributed by atoms with Crippen molar-refractivity contribution < 1.29 is 0 Å². The van der Waals surface area contributed by atoms with Gasteiger partial charge in [0, 0.05) is 38.3 Å². The third-order valence-electron chi connectivity index (χ3n) is 5.01. The van der Waals surface area contributed by atoms with Crippen LogP contribution in [0.25, 0.3) is 0 Å². The summed E-state index contributed by atoms with van der Waals surface area (Å²) in [4.78, 5) is 5.41. The van der Waals surface area contributed by atoms with Crippen LogP contribution in [-0.2, 0) is 0 Å². The Morgan fingerprint density at radius 1 is 1.00 bits per heavy atom. The minimum absolute atomic E-state index is 0.488. The van der Waals surface area contributed by atoms with Gasteiger partial charge in [-0.15, -0.1) is 0 Å². The molecule has 3 nitrogen and oxygen atoms in total. The van der Waals surface area contributed by atoms with E-state index in [0.29, 0.717) is 6.04 Å². The predicted molar refractivity (Wildman–Crippen MR) is 71.0 cm³/mol. The molecule has 2 aliphatic heterocycles. The molecule has 3 fully saturated rings. The van der Waals surface area contributed by atoms with Gasteiger partial charge in [-0.1, -0.05) is 6.42 Å². The Hall–Kier alpha value is -0.120. The molecule has 0 radical (unpaired) electrons. The molecule has 0 aromatic heterocycles. The lowest BCUT2D eigenvalue weighted by molar-refractivity contribution is 0.0840. The largest absolute Gasteiger partial charge is 0.328 e. The summed E-state index contributed by atoms with van der Waals surface area (Å²) < 4.78 is 0. The van der Waals surface area contributed by atoms with E-state index in [1.165, 1.54) is 71.2 Å². The van der Waals surface area contributed by atoms with Crippen molar-refractivity contribution in [3.63, 3.8) is 0 Å². The number of rotatable bonds is 2. The maximum absolute atomic E-state index is 6.09. The lowest BCUT2D eigenvalue weighted by Gasteiger charge is -2.40. The van der Waals surface area contributed by atoms with Crippen LogP contribution in [0.1, 0.15) is 38.5 Å². The topological polar surface area (TPSA) is 32.5 Å². The van der Waals surface area contributed by atoms with E-state index in [1.54, 1.807) is 0 Å². The Morgan fingerprint density at radius 2 is 1.94 bits per heavy atom. The Kier molecular flexibility index (Phi) is 3.69. The van der Waals surface area contributed by atoms with Crippen LogP contribution in [0.4, 0.5) is 0 Å². The van der Waals surface area contributed by atoms with Crippen molar-refractivity contribution in [3.05, 3.63) is 0 Å². The van der Waals surface area contributed by atoms with E-state index in [4.69, 9.17) is 5.73 Å². The highest BCUT2D eigenvalue weighted by Crippen LogP contribution is 2.26. The van der Waals surface area contributed by atoms with Crippen molar-refractivity contribution in [2.45, 2.75) is 50.6 Å². The van der Waals surface area contributed by atoms with Crippen LogP contribution in [0.5, 0.6) is 0 Å². The maximum atomic E-state index is 6.09. The second-order valence-corrected chi connectivity index (χ2v) is 6.38. The Bertz CT molecular complexity index is 256. The molecule has 3 atom stereocenters. The first-order valence-electron chi connectivity index (χ1n) is 7.53. The molecule has 0 spiro atoms. The molecule has 3 heteroatoms. The first-order chi connectivity index (χ1) is 8.31. The van der Waals surface area contributed by atoms with Crippen LogP contribution in [0.15, 0.2) is 0 Å². The van der Waals surface area contributed by atoms with Crippen LogP contribution >= 0.6 is 0 Å². The van der Waals surface area contributed by atoms with E-state index in [2.05, 4.69) is 9.80 Å². The average molecular weight is 237 g/mol. The monoisotopic (exact) mass is 237 g/mol. The van der Waals surface area contributed by atoms with E-state index in [9.17, 15) is 0 Å². The molecule has 1 saturated carbocycles. The molecule has 17 heavy (non-hydrogen) atoms. The van der Waals surface area contributed by atoms with E-state index < -0.39 is 0 Å². The van der Waals surface area contributed by atoms with Crippen LogP contribution in [0.3, 0.4) is 0 Å². The van der Waals surface area contributed by atoms with Crippen molar-refractivity contribution in [1.82, 2.24) is 9.80 Å². The zero-order valence-corrected chi connectivity index (χ0v) is 11.0. The van der Waals surface area contributed by atoms with E-state index >= 15 is 0 Å². The van der Waals surface area contributed by atoms with Gasteiger partial charge in [0.1, 0.15) is 0 Å². The summed E-state index contributed by atoms with van der Waals surface area (Å²) >= 11 is 0. The molecular formula is C14H27N3. The molecule has 3 aliphatic rings. The van der Waals surface area contributed by atoms with Crippen LogP contribution < -0.4 is 5.73 Å². The van der Waals surface area contributed by atoms with Crippen LogP contribution in [0, 0.1) is 5.92 Å². The molecule has 3 rings (SSSR count). The van der Waals surface area contributed by atoms with Crippen molar-refractivity contribution in [1.29, 1.82) is 0 Å². The number of nitrogens with two attached hydrogens (primary N) is 1. The van der Waals surface area contributed by atoms with Crippen molar-refractivity contribution in [2.75, 3.05) is 32.7 Å². The average Bonchev–Trinajstić information content (AvgIpc) is 2.76. The molecule has 3 unspecified atom stereocenters. The number of nitrogens with zero attached hydrogens (tertiary/aromatic N) is 2. The van der Waals surface area contributed by atoms with Crippen molar-refractivity contribution >= 4 is 0 Å². The molecule has 0 aromatic rings. The molecule has 0 aromatic carbocycles. The summed E-state index contributed by atoms with van der Waals surface area (Å²) in [6, 6.07) is 1.36. The van der Waals surface area contributed by atoms with E-state index in [1.807, 2.05) is 0 Å². The molecule has 0 amide bonds. The third kappa shape index (κ3) is 2.83. The summed E-state index contributed by atoms with van der Waals surface area (Å²) in [7, 11) is 0. The lowest BCUT2D eigenvalue weighted by Crippen LogP contribution is -2.51. The second-order valence-electron chi connectivity index (χ2n) is 6.38. The van der Waals surface area contributed by atoms with Gasteiger partial charge in [-0.2, -0.15) is 0 Å². The van der Waals surface area contributed by atoms with Crippen LogP contribution in [-0.4, -0.2) is 54.6 Å². The number of hydrogen-bond donors (Lipinski definition) is 1. The molecule has 98 valence electrons. The standard InChI is InChI=1S/C14H27N3/c15-13-4-1-3-12(9-13)10-16-7-8-17-6-2-5-14(17)11-16/h12-14H,1-11,15H2. The minimum atomic E-state index is 0.488. The highest BCUT2D eigenvalue weighted by atomic mass is 15.3. The molecule has 0 bridgehead atoms. The summed E-state index contributed by atoms with van der Waals surface area (Å²) in [6.07, 6.45) is 8.15. The number of piperazine rings is 1. The molecular weight excluding hydrogens is 210 g/mol. The van der Waals surface area contributed by atoms with Gasteiger partial charge < -0.3 is 10.6 Å². The van der Waals surface area contributed by atoms with Crippen LogP contribution in [0.2, 0.25) is 0 Å². The van der Waals surface area contributed by atoms with Gasteiger partial charge in [0.25, 0.3) is 0 Å². The van der Waals surface area contributed by atoms with Gasteiger partial charge in [0.2, 0.25) is 0 Å². The first-order valence-corrected chi connectivity index (χ1v) is 7.53. The van der Waals surface area contributed by atoms with E-state index in [0.717, 1.165) is 12.0 Å². The van der Waals surface area contributed by atoms with Crippen molar-refractivity contribution in [3.8, 4) is 0 Å². The quantitative estimate of drug-likeness (QED) is 0.785. The maximum Gasteiger partial charge on any atom is 0.0224 e. The fourth-order valence-electron chi connectivity index (χ4n) is 4.08. The SMILES string of the molecule is NC1CCCC(CN2CCN3CCCC3C2)C1. The smallest absolute Gasteiger partial charge is 0.0224 e. The third-order valence-corrected chi connectivity index (χ3v) is 5.01. The summed E-state index contributed by atoms with van der Waals surface area (Å²) in [6.45, 7) is 6.60. The zero-order valence-electron chi connectivity index (χ0n) is 11.0. The van der Waals surface area contributed by atoms with Gasteiger partial charge in [0.15, 0.2) is 0 Å². The Morgan fingerprint density at radius 3 is 2.82 bits per heavy atom. The fraction of sp³-hybridized carbons (Fsp3) is 1.00. The zero-order chi connectivity index (χ0) is 11.7. The van der Waals surface area contributed by atoms with Gasteiger partial charge in [-0.05, 0) is 44.6 Å². The molecule has 2 N–H and O–H groups in total. The van der Waals surface area contributed by atoms with E-state index in [-0.39, 0.29) is 0 Å². The van der Waals surface area contributed by atoms with Gasteiger partial charge >= 0.3 is 0 Å². The molecule has 2 saturated heterocycles. The van der Waals surface area contributed by atoms with Gasteiger partial charge in [-0.3, -0.25) is 4.90 Å². The van der Waals surface area contributed by atoms with Gasteiger partial charge in [0.05, 0.1) is 0 Å². The minimum Gasteiger partial charge on any atom is -0.328 e. The summed E-state index contributed by atoms with van der Waals surface area (Å²) in [5, 5.41) is 0. The highest BCUT2D eigenvalue weighted by Gasteiger charge is 2.31. The molecule has 2 heterocycles. The first kappa shape index (κ1) is 11.9. The second kappa shape index (κ2) is 5.25. The number of fused-ring (bicyclic) bond motifs is 1. The van der Waals surface area contributed by atoms with Crippen molar-refractivity contribution in [2.24, 2.45) is 11.7 Å².